The second kappa shape index (κ2) is 11.6. The SMILES string of the molecule is O=C(CCN(Cc1ccccc1)C(=O)c1csc(Nc2ccccc2)n1)NCC1CCCO1. The highest BCUT2D eigenvalue weighted by molar-refractivity contribution is 7.14. The van der Waals surface area contributed by atoms with Crippen molar-refractivity contribution in [2.45, 2.75) is 31.9 Å². The Morgan fingerprint density at radius 3 is 2.58 bits per heavy atom. The molecule has 1 atom stereocenters. The number of carbonyl (C=O) groups is 2. The molecule has 33 heavy (non-hydrogen) atoms. The summed E-state index contributed by atoms with van der Waals surface area (Å²) in [6.07, 6.45) is 2.34. The lowest BCUT2D eigenvalue weighted by Gasteiger charge is -2.22. The quantitative estimate of drug-likeness (QED) is 0.470. The number of ether oxygens (including phenoxy) is 1. The number of amides is 2. The van der Waals surface area contributed by atoms with Crippen LogP contribution in [0.4, 0.5) is 10.8 Å². The van der Waals surface area contributed by atoms with Crippen molar-refractivity contribution in [3.8, 4) is 0 Å². The maximum Gasteiger partial charge on any atom is 0.273 e. The molecule has 0 bridgehead atoms. The predicted molar refractivity (Wildman–Crippen MR) is 130 cm³/mol. The smallest absolute Gasteiger partial charge is 0.273 e. The number of hydrogen-bond acceptors (Lipinski definition) is 6. The molecule has 2 amide bonds. The van der Waals surface area contributed by atoms with E-state index in [1.165, 1.54) is 11.3 Å². The first-order chi connectivity index (χ1) is 16.2. The molecule has 1 aromatic heterocycles. The molecule has 0 saturated carbocycles. The van der Waals surface area contributed by atoms with Crippen molar-refractivity contribution < 1.29 is 14.3 Å². The average molecular weight is 465 g/mol. The zero-order valence-corrected chi connectivity index (χ0v) is 19.2. The molecule has 4 rings (SSSR count). The zero-order chi connectivity index (χ0) is 22.9. The van der Waals surface area contributed by atoms with Gasteiger partial charge in [-0.25, -0.2) is 4.98 Å². The maximum atomic E-state index is 13.3. The molecule has 0 radical (unpaired) electrons. The molecule has 8 heteroatoms. The molecular formula is C25H28N4O3S. The van der Waals surface area contributed by atoms with Gasteiger partial charge in [-0.3, -0.25) is 9.59 Å². The summed E-state index contributed by atoms with van der Waals surface area (Å²) in [6.45, 7) is 2.00. The van der Waals surface area contributed by atoms with Gasteiger partial charge in [-0.2, -0.15) is 0 Å². The molecule has 0 spiro atoms. The predicted octanol–water partition coefficient (Wildman–Crippen LogP) is 4.21. The summed E-state index contributed by atoms with van der Waals surface area (Å²) in [4.78, 5) is 31.8. The van der Waals surface area contributed by atoms with Crippen molar-refractivity contribution in [3.63, 3.8) is 0 Å². The van der Waals surface area contributed by atoms with Gasteiger partial charge in [-0.05, 0) is 30.5 Å². The second-order valence-corrected chi connectivity index (χ2v) is 8.79. The Hall–Kier alpha value is -3.23. The largest absolute Gasteiger partial charge is 0.376 e. The van der Waals surface area contributed by atoms with Crippen molar-refractivity contribution in [1.29, 1.82) is 0 Å². The number of nitrogens with one attached hydrogen (secondary N) is 2. The van der Waals surface area contributed by atoms with Crippen LogP contribution in [-0.4, -0.2) is 47.5 Å². The summed E-state index contributed by atoms with van der Waals surface area (Å²) in [6, 6.07) is 19.5. The minimum absolute atomic E-state index is 0.0823. The lowest BCUT2D eigenvalue weighted by Crippen LogP contribution is -2.37. The number of thiazole rings is 1. The van der Waals surface area contributed by atoms with Gasteiger partial charge < -0.3 is 20.3 Å². The lowest BCUT2D eigenvalue weighted by molar-refractivity contribution is -0.121. The van der Waals surface area contributed by atoms with Crippen LogP contribution in [0.15, 0.2) is 66.0 Å². The molecule has 2 aromatic carbocycles. The first-order valence-electron chi connectivity index (χ1n) is 11.2. The molecule has 1 aliphatic rings. The van der Waals surface area contributed by atoms with Crippen LogP contribution < -0.4 is 10.6 Å². The Kier molecular flexibility index (Phi) is 8.05. The number of benzene rings is 2. The first kappa shape index (κ1) is 22.9. The van der Waals surface area contributed by atoms with Crippen LogP contribution in [0.25, 0.3) is 0 Å². The zero-order valence-electron chi connectivity index (χ0n) is 18.4. The van der Waals surface area contributed by atoms with Gasteiger partial charge in [0.05, 0.1) is 6.10 Å². The van der Waals surface area contributed by atoms with Crippen molar-refractivity contribution in [1.82, 2.24) is 15.2 Å². The summed E-state index contributed by atoms with van der Waals surface area (Å²) in [7, 11) is 0. The Balaban J connectivity index is 1.39. The molecule has 2 heterocycles. The van der Waals surface area contributed by atoms with Gasteiger partial charge in [0.15, 0.2) is 5.13 Å². The third kappa shape index (κ3) is 6.87. The van der Waals surface area contributed by atoms with Crippen molar-refractivity contribution in [3.05, 3.63) is 77.3 Å². The topological polar surface area (TPSA) is 83.6 Å². The van der Waals surface area contributed by atoms with E-state index >= 15 is 0 Å². The molecule has 2 N–H and O–H groups in total. The Morgan fingerprint density at radius 1 is 1.09 bits per heavy atom. The number of aromatic nitrogens is 1. The maximum absolute atomic E-state index is 13.3. The highest BCUT2D eigenvalue weighted by atomic mass is 32.1. The molecule has 3 aromatic rings. The third-order valence-electron chi connectivity index (χ3n) is 5.41. The van der Waals surface area contributed by atoms with Gasteiger partial charge in [0.25, 0.3) is 5.91 Å². The molecule has 1 saturated heterocycles. The minimum Gasteiger partial charge on any atom is -0.376 e. The molecule has 0 aliphatic carbocycles. The van der Waals surface area contributed by atoms with E-state index in [-0.39, 0.29) is 24.3 Å². The Bertz CT molecular complexity index is 1040. The van der Waals surface area contributed by atoms with E-state index in [1.54, 1.807) is 10.3 Å². The number of para-hydroxylation sites is 1. The highest BCUT2D eigenvalue weighted by Gasteiger charge is 2.21. The van der Waals surface area contributed by atoms with E-state index in [2.05, 4.69) is 15.6 Å². The van der Waals surface area contributed by atoms with Gasteiger partial charge in [-0.1, -0.05) is 48.5 Å². The van der Waals surface area contributed by atoms with Gasteiger partial charge in [-0.15, -0.1) is 11.3 Å². The fraction of sp³-hybridized carbons (Fsp3) is 0.320. The molecule has 1 aliphatic heterocycles. The Labute approximate surface area is 197 Å². The normalized spacial score (nSPS) is 15.2. The average Bonchev–Trinajstić information content (AvgIpc) is 3.54. The number of rotatable bonds is 10. The molecule has 1 unspecified atom stereocenters. The van der Waals surface area contributed by atoms with Crippen LogP contribution in [-0.2, 0) is 16.1 Å². The molecular weight excluding hydrogens is 436 g/mol. The Morgan fingerprint density at radius 2 is 1.85 bits per heavy atom. The fourth-order valence-electron chi connectivity index (χ4n) is 3.65. The monoisotopic (exact) mass is 464 g/mol. The van der Waals surface area contributed by atoms with Crippen LogP contribution in [0.3, 0.4) is 0 Å². The molecule has 1 fully saturated rings. The molecule has 7 nitrogen and oxygen atoms in total. The number of carbonyl (C=O) groups excluding carboxylic acids is 2. The van der Waals surface area contributed by atoms with E-state index in [4.69, 9.17) is 4.74 Å². The van der Waals surface area contributed by atoms with Gasteiger partial charge in [0.2, 0.25) is 5.91 Å². The van der Waals surface area contributed by atoms with Crippen LogP contribution in [0.2, 0.25) is 0 Å². The van der Waals surface area contributed by atoms with Crippen LogP contribution >= 0.6 is 11.3 Å². The van der Waals surface area contributed by atoms with Crippen LogP contribution in [0, 0.1) is 0 Å². The van der Waals surface area contributed by atoms with Crippen molar-refractivity contribution >= 4 is 34.0 Å². The van der Waals surface area contributed by atoms with Gasteiger partial charge in [0, 0.05) is 43.7 Å². The summed E-state index contributed by atoms with van der Waals surface area (Å²) in [5.41, 5.74) is 2.28. The summed E-state index contributed by atoms with van der Waals surface area (Å²) < 4.78 is 5.56. The van der Waals surface area contributed by atoms with Crippen molar-refractivity contribution in [2.75, 3.05) is 25.0 Å². The lowest BCUT2D eigenvalue weighted by atomic mass is 10.2. The first-order valence-corrected chi connectivity index (χ1v) is 12.0. The summed E-state index contributed by atoms with van der Waals surface area (Å²) in [5, 5.41) is 8.56. The van der Waals surface area contributed by atoms with Gasteiger partial charge in [0.1, 0.15) is 5.69 Å². The second-order valence-electron chi connectivity index (χ2n) is 7.93. The van der Waals surface area contributed by atoms with Crippen LogP contribution in [0.1, 0.15) is 35.3 Å². The number of nitrogens with zero attached hydrogens (tertiary/aromatic N) is 2. The van der Waals surface area contributed by atoms with E-state index in [0.29, 0.717) is 30.5 Å². The van der Waals surface area contributed by atoms with E-state index in [9.17, 15) is 9.59 Å². The minimum atomic E-state index is -0.192. The standard InChI is InChI=1S/C25H28N4O3S/c30-23(26-16-21-12-7-15-32-21)13-14-29(17-19-8-3-1-4-9-19)24(31)22-18-33-25(28-22)27-20-10-5-2-6-11-20/h1-6,8-11,18,21H,7,12-17H2,(H,26,30)(H,27,28). The number of hydrogen-bond donors (Lipinski definition) is 2. The molecule has 172 valence electrons. The summed E-state index contributed by atoms with van der Waals surface area (Å²) in [5.74, 6) is -0.274. The van der Waals surface area contributed by atoms with Crippen molar-refractivity contribution in [2.24, 2.45) is 0 Å². The third-order valence-corrected chi connectivity index (χ3v) is 6.17. The van der Waals surface area contributed by atoms with E-state index in [0.717, 1.165) is 30.7 Å². The van der Waals surface area contributed by atoms with Gasteiger partial charge >= 0.3 is 0 Å². The fourth-order valence-corrected chi connectivity index (χ4v) is 4.36. The number of anilines is 2. The van der Waals surface area contributed by atoms with E-state index < -0.39 is 0 Å². The highest BCUT2D eigenvalue weighted by Crippen LogP contribution is 2.22. The summed E-state index contributed by atoms with van der Waals surface area (Å²) >= 11 is 1.38. The van der Waals surface area contributed by atoms with Crippen LogP contribution in [0.5, 0.6) is 0 Å². The van der Waals surface area contributed by atoms with E-state index in [1.807, 2.05) is 60.7 Å².